The molecule has 5 heteroatoms. The van der Waals surface area contributed by atoms with Crippen LogP contribution in [-0.2, 0) is 16.1 Å². The number of Topliss-reactive ketones (excluding diaryl/α,β-unsaturated/α-hetero) is 1. The molecule has 1 heterocycles. The Morgan fingerprint density at radius 1 is 1.22 bits per heavy atom. The molecule has 0 radical (unpaired) electrons. The molecule has 0 aromatic heterocycles. The first kappa shape index (κ1) is 18.3. The lowest BCUT2D eigenvalue weighted by Crippen LogP contribution is -2.23. The maximum absolute atomic E-state index is 12.2. The van der Waals surface area contributed by atoms with Crippen molar-refractivity contribution in [1.82, 2.24) is 0 Å². The molecule has 136 valence electrons. The van der Waals surface area contributed by atoms with Gasteiger partial charge in [0.05, 0.1) is 5.92 Å². The normalized spacial score (nSPS) is 16.6. The molecule has 2 aromatic carbocycles. The summed E-state index contributed by atoms with van der Waals surface area (Å²) in [7, 11) is 0. The molecule has 0 bridgehead atoms. The summed E-state index contributed by atoms with van der Waals surface area (Å²) >= 11 is 0. The summed E-state index contributed by atoms with van der Waals surface area (Å²) in [5, 5.41) is 9.57. The average Bonchev–Trinajstić information content (AvgIpc) is 2.66. The van der Waals surface area contributed by atoms with Gasteiger partial charge in [0.15, 0.2) is 5.78 Å². The third-order valence-electron chi connectivity index (χ3n) is 4.42. The number of nitrogens with zero attached hydrogens (tertiary/aromatic N) is 1. The summed E-state index contributed by atoms with van der Waals surface area (Å²) in [5.74, 6) is 0.370. The molecule has 1 atom stereocenters. The van der Waals surface area contributed by atoms with Gasteiger partial charge >= 0.3 is 0 Å². The maximum atomic E-state index is 12.2. The third kappa shape index (κ3) is 3.85. The van der Waals surface area contributed by atoms with E-state index in [1.807, 2.05) is 54.6 Å². The number of nitriles is 1. The van der Waals surface area contributed by atoms with Crippen LogP contribution in [0.1, 0.15) is 30.9 Å². The zero-order chi connectivity index (χ0) is 19.4. The quantitative estimate of drug-likeness (QED) is 0.873. The van der Waals surface area contributed by atoms with E-state index in [1.54, 1.807) is 6.92 Å². The van der Waals surface area contributed by atoms with E-state index in [4.69, 9.17) is 15.2 Å². The van der Waals surface area contributed by atoms with Crippen LogP contribution in [0.5, 0.6) is 5.75 Å². The molecule has 2 N–H and O–H groups in total. The Morgan fingerprint density at radius 2 is 1.96 bits per heavy atom. The van der Waals surface area contributed by atoms with E-state index >= 15 is 0 Å². The average molecular weight is 360 g/mol. The molecule has 0 unspecified atom stereocenters. The number of hydrogen-bond acceptors (Lipinski definition) is 5. The van der Waals surface area contributed by atoms with E-state index in [1.165, 1.54) is 6.92 Å². The number of carbonyl (C=O) groups excluding carboxylic acids is 1. The Labute approximate surface area is 158 Å². The van der Waals surface area contributed by atoms with E-state index in [0.717, 1.165) is 11.1 Å². The van der Waals surface area contributed by atoms with Crippen molar-refractivity contribution < 1.29 is 14.3 Å². The van der Waals surface area contributed by atoms with Gasteiger partial charge in [-0.3, -0.25) is 4.79 Å². The predicted octanol–water partition coefficient (Wildman–Crippen LogP) is 3.94. The number of ether oxygens (including phenoxy) is 2. The van der Waals surface area contributed by atoms with Crippen LogP contribution in [0.2, 0.25) is 0 Å². The highest BCUT2D eigenvalue weighted by Gasteiger charge is 2.33. The Kier molecular flexibility index (Phi) is 5.28. The fourth-order valence-electron chi connectivity index (χ4n) is 3.19. The van der Waals surface area contributed by atoms with Gasteiger partial charge in [0.1, 0.15) is 29.8 Å². The minimum atomic E-state index is -0.568. The lowest BCUT2D eigenvalue weighted by molar-refractivity contribution is -0.114. The van der Waals surface area contributed by atoms with E-state index in [2.05, 4.69) is 6.07 Å². The van der Waals surface area contributed by atoms with Crippen molar-refractivity contribution in [3.63, 3.8) is 0 Å². The van der Waals surface area contributed by atoms with Crippen molar-refractivity contribution in [3.8, 4) is 11.8 Å². The number of allylic oxidation sites excluding steroid dienone is 3. The molecule has 0 saturated heterocycles. The van der Waals surface area contributed by atoms with Crippen molar-refractivity contribution in [3.05, 3.63) is 88.5 Å². The van der Waals surface area contributed by atoms with Gasteiger partial charge in [-0.25, -0.2) is 0 Å². The van der Waals surface area contributed by atoms with Gasteiger partial charge in [-0.2, -0.15) is 5.26 Å². The predicted molar refractivity (Wildman–Crippen MR) is 101 cm³/mol. The Balaban J connectivity index is 1.95. The van der Waals surface area contributed by atoms with Gasteiger partial charge in [-0.15, -0.1) is 0 Å². The summed E-state index contributed by atoms with van der Waals surface area (Å²) in [6, 6.07) is 19.3. The minimum absolute atomic E-state index is 0.0283. The molecule has 5 nitrogen and oxygen atoms in total. The second kappa shape index (κ2) is 7.79. The summed E-state index contributed by atoms with van der Waals surface area (Å²) in [4.78, 5) is 12.2. The molecule has 2 aromatic rings. The molecule has 0 fully saturated rings. The zero-order valence-corrected chi connectivity index (χ0v) is 15.2. The van der Waals surface area contributed by atoms with Crippen LogP contribution < -0.4 is 10.5 Å². The Morgan fingerprint density at radius 3 is 2.63 bits per heavy atom. The second-order valence-electron chi connectivity index (χ2n) is 6.30. The molecule has 0 spiro atoms. The Bertz CT molecular complexity index is 969. The molecule has 1 aliphatic rings. The molecule has 0 saturated carbocycles. The number of nitrogens with two attached hydrogens (primary N) is 1. The van der Waals surface area contributed by atoms with Crippen LogP contribution in [-0.4, -0.2) is 5.78 Å². The van der Waals surface area contributed by atoms with Gasteiger partial charge in [-0.05, 0) is 37.1 Å². The van der Waals surface area contributed by atoms with E-state index in [0.29, 0.717) is 23.7 Å². The molecule has 27 heavy (non-hydrogen) atoms. The summed E-state index contributed by atoms with van der Waals surface area (Å²) in [6.07, 6.45) is 0. The number of ketones is 1. The lowest BCUT2D eigenvalue weighted by Gasteiger charge is -2.27. The van der Waals surface area contributed by atoms with E-state index < -0.39 is 5.92 Å². The van der Waals surface area contributed by atoms with E-state index in [-0.39, 0.29) is 17.2 Å². The van der Waals surface area contributed by atoms with Crippen LogP contribution in [0.25, 0.3) is 0 Å². The summed E-state index contributed by atoms with van der Waals surface area (Å²) < 4.78 is 11.3. The largest absolute Gasteiger partial charge is 0.489 e. The standard InChI is InChI=1S/C22H20N2O3/c1-14(25)20-15(2)27-22(24)19(12-23)21(20)17-9-6-10-18(11-17)26-13-16-7-4-3-5-8-16/h3-11,21H,13,24H2,1-2H3/t21-/m1/s1. The molecule has 0 amide bonds. The van der Waals surface area contributed by atoms with Crippen molar-refractivity contribution in [1.29, 1.82) is 5.26 Å². The zero-order valence-electron chi connectivity index (χ0n) is 15.2. The first-order chi connectivity index (χ1) is 13.0. The minimum Gasteiger partial charge on any atom is -0.489 e. The number of carbonyl (C=O) groups is 1. The first-order valence-electron chi connectivity index (χ1n) is 8.57. The van der Waals surface area contributed by atoms with Gasteiger partial charge in [0.25, 0.3) is 0 Å². The number of benzene rings is 2. The van der Waals surface area contributed by atoms with Gasteiger partial charge in [0.2, 0.25) is 5.88 Å². The van der Waals surface area contributed by atoms with Crippen LogP contribution in [0.15, 0.2) is 77.4 Å². The van der Waals surface area contributed by atoms with Crippen molar-refractivity contribution >= 4 is 5.78 Å². The van der Waals surface area contributed by atoms with Crippen LogP contribution >= 0.6 is 0 Å². The molecule has 0 aliphatic carbocycles. The second-order valence-corrected chi connectivity index (χ2v) is 6.30. The smallest absolute Gasteiger partial charge is 0.205 e. The summed E-state index contributed by atoms with van der Waals surface area (Å²) in [5.41, 5.74) is 8.37. The maximum Gasteiger partial charge on any atom is 0.205 e. The molecular formula is C22H20N2O3. The van der Waals surface area contributed by atoms with Gasteiger partial charge < -0.3 is 15.2 Å². The fraction of sp³-hybridized carbons (Fsp3) is 0.182. The number of rotatable bonds is 5. The van der Waals surface area contributed by atoms with Crippen molar-refractivity contribution in [2.24, 2.45) is 5.73 Å². The Hall–Kier alpha value is -3.52. The van der Waals surface area contributed by atoms with Crippen LogP contribution in [0.4, 0.5) is 0 Å². The summed E-state index contributed by atoms with van der Waals surface area (Å²) in [6.45, 7) is 3.57. The van der Waals surface area contributed by atoms with Crippen LogP contribution in [0, 0.1) is 11.3 Å². The van der Waals surface area contributed by atoms with E-state index in [9.17, 15) is 10.1 Å². The van der Waals surface area contributed by atoms with Gasteiger partial charge in [-0.1, -0.05) is 42.5 Å². The van der Waals surface area contributed by atoms with Crippen molar-refractivity contribution in [2.75, 3.05) is 0 Å². The SMILES string of the molecule is CC(=O)C1=C(C)OC(N)=C(C#N)[C@H]1c1cccc(OCc2ccccc2)c1. The number of hydrogen-bond donors (Lipinski definition) is 1. The van der Waals surface area contributed by atoms with Crippen molar-refractivity contribution in [2.45, 2.75) is 26.4 Å². The lowest BCUT2D eigenvalue weighted by atomic mass is 9.81. The highest BCUT2D eigenvalue weighted by atomic mass is 16.5. The monoisotopic (exact) mass is 360 g/mol. The molecule has 3 rings (SSSR count). The van der Waals surface area contributed by atoms with Gasteiger partial charge in [0, 0.05) is 5.57 Å². The first-order valence-corrected chi connectivity index (χ1v) is 8.57. The highest BCUT2D eigenvalue weighted by Crippen LogP contribution is 2.40. The molecule has 1 aliphatic heterocycles. The third-order valence-corrected chi connectivity index (χ3v) is 4.42. The van der Waals surface area contributed by atoms with Crippen LogP contribution in [0.3, 0.4) is 0 Å². The topological polar surface area (TPSA) is 85.3 Å². The fourth-order valence-corrected chi connectivity index (χ4v) is 3.19. The molecular weight excluding hydrogens is 340 g/mol. The highest BCUT2D eigenvalue weighted by molar-refractivity contribution is 5.96.